The minimum Gasteiger partial charge on any atom is -0.313 e. The van der Waals surface area contributed by atoms with E-state index in [1.165, 1.54) is 6.07 Å². The molecule has 0 fully saturated rings. The van der Waals surface area contributed by atoms with E-state index in [1.54, 1.807) is 6.07 Å². The molecule has 0 spiro atoms. The molecule has 1 rings (SSSR count). The van der Waals surface area contributed by atoms with Crippen LogP contribution in [0.2, 0.25) is 0 Å². The molecule has 1 aromatic carbocycles. The van der Waals surface area contributed by atoms with E-state index in [2.05, 4.69) is 24.5 Å². The maximum atomic E-state index is 13.5. The van der Waals surface area contributed by atoms with Crippen molar-refractivity contribution in [2.24, 2.45) is 0 Å². The highest BCUT2D eigenvalue weighted by Gasteiger charge is 2.12. The minimum absolute atomic E-state index is 0.0219. The van der Waals surface area contributed by atoms with Crippen molar-refractivity contribution in [1.82, 2.24) is 10.6 Å². The molecule has 0 bridgehead atoms. The molecule has 0 aliphatic carbocycles. The van der Waals surface area contributed by atoms with Crippen molar-refractivity contribution in [1.29, 1.82) is 0 Å². The fourth-order valence-corrected chi connectivity index (χ4v) is 1.48. The van der Waals surface area contributed by atoms with Gasteiger partial charge in [0.1, 0.15) is 5.82 Å². The molecule has 0 radical (unpaired) electrons. The molecule has 1 atom stereocenters. The van der Waals surface area contributed by atoms with Crippen LogP contribution in [0.4, 0.5) is 4.39 Å². The van der Waals surface area contributed by atoms with Crippen LogP contribution < -0.4 is 10.6 Å². The average Bonchev–Trinajstić information content (AvgIpc) is 2.21. The molecule has 0 saturated heterocycles. The lowest BCUT2D eigenvalue weighted by Crippen LogP contribution is -2.33. The molecular weight excluding hydrogens is 191 g/mol. The van der Waals surface area contributed by atoms with Crippen molar-refractivity contribution >= 4 is 0 Å². The summed E-state index contributed by atoms with van der Waals surface area (Å²) < 4.78 is 13.5. The lowest BCUT2D eigenvalue weighted by Gasteiger charge is -2.19. The SMILES string of the molecule is CNC(CNC(C)C)c1ccccc1F. The van der Waals surface area contributed by atoms with Crippen LogP contribution in [-0.2, 0) is 0 Å². The molecule has 15 heavy (non-hydrogen) atoms. The first kappa shape index (κ1) is 12.1. The van der Waals surface area contributed by atoms with Crippen molar-refractivity contribution in [3.8, 4) is 0 Å². The highest BCUT2D eigenvalue weighted by Crippen LogP contribution is 2.15. The standard InChI is InChI=1S/C12H19FN2/c1-9(2)15-8-12(14-3)10-6-4-5-7-11(10)13/h4-7,9,12,14-15H,8H2,1-3H3. The monoisotopic (exact) mass is 210 g/mol. The summed E-state index contributed by atoms with van der Waals surface area (Å²) in [4.78, 5) is 0. The van der Waals surface area contributed by atoms with Gasteiger partial charge in [0, 0.05) is 24.2 Å². The van der Waals surface area contributed by atoms with Gasteiger partial charge >= 0.3 is 0 Å². The van der Waals surface area contributed by atoms with E-state index >= 15 is 0 Å². The van der Waals surface area contributed by atoms with Crippen LogP contribution in [0.3, 0.4) is 0 Å². The molecule has 0 aromatic heterocycles. The second-order valence-electron chi connectivity index (χ2n) is 3.93. The molecular formula is C12H19FN2. The molecule has 0 aliphatic heterocycles. The minimum atomic E-state index is -0.151. The van der Waals surface area contributed by atoms with E-state index < -0.39 is 0 Å². The quantitative estimate of drug-likeness (QED) is 0.777. The second-order valence-corrected chi connectivity index (χ2v) is 3.93. The zero-order valence-electron chi connectivity index (χ0n) is 9.55. The van der Waals surface area contributed by atoms with E-state index in [9.17, 15) is 4.39 Å². The van der Waals surface area contributed by atoms with Gasteiger partial charge in [-0.2, -0.15) is 0 Å². The number of rotatable bonds is 5. The van der Waals surface area contributed by atoms with Gasteiger partial charge in [-0.25, -0.2) is 4.39 Å². The number of benzene rings is 1. The molecule has 0 saturated carbocycles. The largest absolute Gasteiger partial charge is 0.313 e. The smallest absolute Gasteiger partial charge is 0.128 e. The summed E-state index contributed by atoms with van der Waals surface area (Å²) in [6.07, 6.45) is 0. The Morgan fingerprint density at radius 2 is 1.93 bits per heavy atom. The molecule has 3 heteroatoms. The maximum absolute atomic E-state index is 13.5. The van der Waals surface area contributed by atoms with Gasteiger partial charge in [-0.3, -0.25) is 0 Å². The van der Waals surface area contributed by atoms with E-state index in [1.807, 2.05) is 19.2 Å². The van der Waals surface area contributed by atoms with Gasteiger partial charge in [-0.05, 0) is 13.1 Å². The fraction of sp³-hybridized carbons (Fsp3) is 0.500. The summed E-state index contributed by atoms with van der Waals surface area (Å²) in [6, 6.07) is 7.31. The first-order chi connectivity index (χ1) is 7.15. The van der Waals surface area contributed by atoms with Gasteiger partial charge in [0.15, 0.2) is 0 Å². The first-order valence-corrected chi connectivity index (χ1v) is 5.30. The third kappa shape index (κ3) is 3.61. The Morgan fingerprint density at radius 3 is 2.47 bits per heavy atom. The predicted molar refractivity (Wildman–Crippen MR) is 61.3 cm³/mol. The third-order valence-electron chi connectivity index (χ3n) is 2.36. The van der Waals surface area contributed by atoms with E-state index in [4.69, 9.17) is 0 Å². The van der Waals surface area contributed by atoms with E-state index in [0.29, 0.717) is 11.6 Å². The molecule has 1 unspecified atom stereocenters. The van der Waals surface area contributed by atoms with Crippen LogP contribution in [0, 0.1) is 5.82 Å². The normalized spacial score (nSPS) is 13.1. The van der Waals surface area contributed by atoms with Crippen molar-refractivity contribution in [2.75, 3.05) is 13.6 Å². The number of nitrogens with one attached hydrogen (secondary N) is 2. The van der Waals surface area contributed by atoms with Crippen molar-refractivity contribution < 1.29 is 4.39 Å². The molecule has 0 heterocycles. The molecule has 84 valence electrons. The highest BCUT2D eigenvalue weighted by atomic mass is 19.1. The van der Waals surface area contributed by atoms with Crippen LogP contribution in [0.25, 0.3) is 0 Å². The Labute approximate surface area is 90.9 Å². The lowest BCUT2D eigenvalue weighted by atomic mass is 10.1. The Morgan fingerprint density at radius 1 is 1.27 bits per heavy atom. The topological polar surface area (TPSA) is 24.1 Å². The zero-order valence-corrected chi connectivity index (χ0v) is 9.55. The number of likely N-dealkylation sites (N-methyl/N-ethyl adjacent to an activating group) is 1. The second kappa shape index (κ2) is 5.83. The molecule has 2 N–H and O–H groups in total. The van der Waals surface area contributed by atoms with Gasteiger partial charge < -0.3 is 10.6 Å². The Hall–Kier alpha value is -0.930. The van der Waals surface area contributed by atoms with Crippen molar-refractivity contribution in [3.05, 3.63) is 35.6 Å². The summed E-state index contributed by atoms with van der Waals surface area (Å²) in [5.74, 6) is -0.151. The van der Waals surface area contributed by atoms with Crippen LogP contribution in [0.5, 0.6) is 0 Å². The van der Waals surface area contributed by atoms with Crippen LogP contribution in [0.15, 0.2) is 24.3 Å². The van der Waals surface area contributed by atoms with Crippen molar-refractivity contribution in [3.63, 3.8) is 0 Å². The number of hydrogen-bond donors (Lipinski definition) is 2. The van der Waals surface area contributed by atoms with Gasteiger partial charge in [-0.1, -0.05) is 32.0 Å². The summed E-state index contributed by atoms with van der Waals surface area (Å²) >= 11 is 0. The van der Waals surface area contributed by atoms with Crippen LogP contribution >= 0.6 is 0 Å². The molecule has 2 nitrogen and oxygen atoms in total. The van der Waals surface area contributed by atoms with E-state index in [0.717, 1.165) is 6.54 Å². The van der Waals surface area contributed by atoms with Gasteiger partial charge in [0.2, 0.25) is 0 Å². The summed E-state index contributed by atoms with van der Waals surface area (Å²) in [7, 11) is 1.85. The van der Waals surface area contributed by atoms with Crippen molar-refractivity contribution in [2.45, 2.75) is 25.9 Å². The molecule has 0 aliphatic rings. The predicted octanol–water partition coefficient (Wildman–Crippen LogP) is 2.08. The molecule has 0 amide bonds. The van der Waals surface area contributed by atoms with Crippen LogP contribution in [-0.4, -0.2) is 19.6 Å². The average molecular weight is 210 g/mol. The lowest BCUT2D eigenvalue weighted by molar-refractivity contribution is 0.472. The first-order valence-electron chi connectivity index (χ1n) is 5.30. The van der Waals surface area contributed by atoms with Gasteiger partial charge in [-0.15, -0.1) is 0 Å². The van der Waals surface area contributed by atoms with E-state index in [-0.39, 0.29) is 11.9 Å². The molecule has 1 aromatic rings. The van der Waals surface area contributed by atoms with Gasteiger partial charge in [0.05, 0.1) is 0 Å². The third-order valence-corrected chi connectivity index (χ3v) is 2.36. The summed E-state index contributed by atoms with van der Waals surface area (Å²) in [5, 5.41) is 6.41. The summed E-state index contributed by atoms with van der Waals surface area (Å²) in [6.45, 7) is 4.89. The Bertz CT molecular complexity index is 299. The maximum Gasteiger partial charge on any atom is 0.128 e. The highest BCUT2D eigenvalue weighted by molar-refractivity contribution is 5.21. The number of hydrogen-bond acceptors (Lipinski definition) is 2. The zero-order chi connectivity index (χ0) is 11.3. The Balaban J connectivity index is 2.70. The fourth-order valence-electron chi connectivity index (χ4n) is 1.48. The van der Waals surface area contributed by atoms with Gasteiger partial charge in [0.25, 0.3) is 0 Å². The summed E-state index contributed by atoms with van der Waals surface area (Å²) in [5.41, 5.74) is 0.716. The van der Waals surface area contributed by atoms with Crippen LogP contribution in [0.1, 0.15) is 25.5 Å². The Kier molecular flexibility index (Phi) is 4.72. The number of halogens is 1.